The first-order chi connectivity index (χ1) is 15.3. The van der Waals surface area contributed by atoms with Crippen LogP contribution in [0, 0.1) is 0 Å². The molecule has 0 spiro atoms. The fourth-order valence-electron chi connectivity index (χ4n) is 4.75. The van der Waals surface area contributed by atoms with Crippen LogP contribution in [0.3, 0.4) is 0 Å². The second-order valence-electron chi connectivity index (χ2n) is 9.03. The molecule has 3 amide bonds. The van der Waals surface area contributed by atoms with Crippen LogP contribution >= 0.6 is 0 Å². The van der Waals surface area contributed by atoms with E-state index in [1.807, 2.05) is 48.9 Å². The van der Waals surface area contributed by atoms with Gasteiger partial charge < -0.3 is 21.3 Å². The summed E-state index contributed by atoms with van der Waals surface area (Å²) in [6, 6.07) is 9.84. The lowest BCUT2D eigenvalue weighted by Crippen LogP contribution is -2.64. The highest BCUT2D eigenvalue weighted by Crippen LogP contribution is 2.38. The normalized spacial score (nSPS) is 23.1. The van der Waals surface area contributed by atoms with Crippen molar-refractivity contribution in [3.8, 4) is 0 Å². The van der Waals surface area contributed by atoms with Crippen LogP contribution in [-0.2, 0) is 12.1 Å². The smallest absolute Gasteiger partial charge is 0.319 e. The lowest BCUT2D eigenvalue weighted by molar-refractivity contribution is 0.0988. The monoisotopic (exact) mass is 439 g/mol. The van der Waals surface area contributed by atoms with Crippen LogP contribution in [0.25, 0.3) is 0 Å². The molecule has 2 aliphatic heterocycles. The minimum Gasteiger partial charge on any atom is -0.364 e. The van der Waals surface area contributed by atoms with E-state index in [9.17, 15) is 9.59 Å². The van der Waals surface area contributed by atoms with Gasteiger partial charge in [-0.25, -0.2) is 4.79 Å². The third-order valence-electron chi connectivity index (χ3n) is 6.31. The van der Waals surface area contributed by atoms with E-state index < -0.39 is 11.6 Å². The number of piperazine rings is 1. The number of amides is 3. The molecule has 0 radical (unpaired) electrons. The Bertz CT molecular complexity index is 982. The van der Waals surface area contributed by atoms with Gasteiger partial charge in [-0.2, -0.15) is 5.10 Å². The van der Waals surface area contributed by atoms with Gasteiger partial charge in [-0.05, 0) is 19.4 Å². The van der Waals surface area contributed by atoms with Crippen molar-refractivity contribution in [1.29, 1.82) is 0 Å². The van der Waals surface area contributed by atoms with Gasteiger partial charge in [-0.3, -0.25) is 14.8 Å². The molecule has 2 aromatic rings. The summed E-state index contributed by atoms with van der Waals surface area (Å²) in [6.45, 7) is 9.57. The van der Waals surface area contributed by atoms with E-state index in [0.29, 0.717) is 31.6 Å². The molecule has 9 nitrogen and oxygen atoms in total. The van der Waals surface area contributed by atoms with E-state index in [2.05, 4.69) is 28.0 Å². The van der Waals surface area contributed by atoms with Crippen molar-refractivity contribution in [2.75, 3.05) is 32.7 Å². The number of carbonyl (C=O) groups excluding carboxylic acids is 2. The highest BCUT2D eigenvalue weighted by Gasteiger charge is 2.46. The molecule has 1 saturated heterocycles. The number of hydrogen-bond donors (Lipinski definition) is 4. The topological polar surface area (TPSA) is 117 Å². The zero-order valence-electron chi connectivity index (χ0n) is 19.0. The summed E-state index contributed by atoms with van der Waals surface area (Å²) >= 11 is 0. The molecule has 172 valence electrons. The molecule has 1 aromatic carbocycles. The van der Waals surface area contributed by atoms with Gasteiger partial charge in [0.25, 0.3) is 5.91 Å². The Kier molecular flexibility index (Phi) is 6.21. The molecule has 32 heavy (non-hydrogen) atoms. The van der Waals surface area contributed by atoms with Gasteiger partial charge in [0.2, 0.25) is 0 Å². The Morgan fingerprint density at radius 1 is 1.25 bits per heavy atom. The Hall–Kier alpha value is -2.91. The van der Waals surface area contributed by atoms with E-state index in [1.165, 1.54) is 0 Å². The second kappa shape index (κ2) is 8.91. The summed E-state index contributed by atoms with van der Waals surface area (Å²) < 4.78 is 1.89. The average molecular weight is 440 g/mol. The van der Waals surface area contributed by atoms with Gasteiger partial charge in [0.15, 0.2) is 5.69 Å². The lowest BCUT2D eigenvalue weighted by atomic mass is 9.82. The Morgan fingerprint density at radius 2 is 1.94 bits per heavy atom. The molecule has 4 rings (SSSR count). The summed E-state index contributed by atoms with van der Waals surface area (Å²) in [5, 5.41) is 14.7. The van der Waals surface area contributed by atoms with Crippen LogP contribution in [0.5, 0.6) is 0 Å². The first-order valence-electron chi connectivity index (χ1n) is 11.3. The van der Waals surface area contributed by atoms with Gasteiger partial charge in [0.1, 0.15) is 5.66 Å². The summed E-state index contributed by atoms with van der Waals surface area (Å²) in [5.41, 5.74) is 7.70. The number of fused-ring (bicyclic) bond motifs is 1. The molecular formula is C23H33N7O2. The van der Waals surface area contributed by atoms with E-state index in [1.54, 1.807) is 4.90 Å². The van der Waals surface area contributed by atoms with Crippen LogP contribution in [-0.4, -0.2) is 59.3 Å². The van der Waals surface area contributed by atoms with Crippen molar-refractivity contribution in [1.82, 2.24) is 30.6 Å². The van der Waals surface area contributed by atoms with Crippen LogP contribution in [0.1, 0.15) is 60.0 Å². The molecule has 2 unspecified atom stereocenters. The van der Waals surface area contributed by atoms with E-state index >= 15 is 0 Å². The maximum Gasteiger partial charge on any atom is 0.319 e. The highest BCUT2D eigenvalue weighted by molar-refractivity contribution is 5.93. The third kappa shape index (κ3) is 4.10. The SMILES string of the molecule is CC1CNC(Cc2ccccc2)(NC(=O)N2CCNCC2)c2c(C(N)=O)nn(C(C)C)c21. The number of urea groups is 1. The quantitative estimate of drug-likeness (QED) is 0.560. The van der Waals surface area contributed by atoms with Crippen LogP contribution in [0.2, 0.25) is 0 Å². The summed E-state index contributed by atoms with van der Waals surface area (Å²) in [5.74, 6) is -0.488. The number of nitrogens with one attached hydrogen (secondary N) is 3. The number of benzene rings is 1. The Balaban J connectivity index is 1.85. The molecule has 9 heteroatoms. The first kappa shape index (κ1) is 22.3. The van der Waals surface area contributed by atoms with Gasteiger partial charge >= 0.3 is 6.03 Å². The standard InChI is InChI=1S/C23H33N7O2/c1-15(2)30-20-16(3)14-26-23(13-17-7-5-4-6-8-17,18(20)19(28-30)21(24)31)27-22(32)29-11-9-25-10-12-29/h4-8,15-16,25-26H,9-14H2,1-3H3,(H2,24,31)(H,27,32). The van der Waals surface area contributed by atoms with Crippen molar-refractivity contribution in [2.45, 2.75) is 44.8 Å². The number of rotatable bonds is 5. The number of nitrogens with zero attached hydrogens (tertiary/aromatic N) is 3. The van der Waals surface area contributed by atoms with Gasteiger partial charge in [-0.15, -0.1) is 0 Å². The molecule has 1 aromatic heterocycles. The fraction of sp³-hybridized carbons (Fsp3) is 0.522. The van der Waals surface area contributed by atoms with Crippen molar-refractivity contribution >= 4 is 11.9 Å². The third-order valence-corrected chi connectivity index (χ3v) is 6.31. The predicted octanol–water partition coefficient (Wildman–Crippen LogP) is 1.28. The first-order valence-corrected chi connectivity index (χ1v) is 11.3. The van der Waals surface area contributed by atoms with Gasteiger partial charge in [0, 0.05) is 56.7 Å². The number of aromatic nitrogens is 2. The molecule has 5 N–H and O–H groups in total. The summed E-state index contributed by atoms with van der Waals surface area (Å²) in [7, 11) is 0. The highest BCUT2D eigenvalue weighted by atomic mass is 16.2. The molecular weight excluding hydrogens is 406 g/mol. The number of nitrogens with two attached hydrogens (primary N) is 1. The minimum absolute atomic E-state index is 0.0516. The minimum atomic E-state index is -0.997. The molecule has 0 bridgehead atoms. The molecule has 3 heterocycles. The van der Waals surface area contributed by atoms with Crippen molar-refractivity contribution in [3.05, 3.63) is 52.8 Å². The lowest BCUT2D eigenvalue weighted by Gasteiger charge is -2.43. The average Bonchev–Trinajstić information content (AvgIpc) is 3.21. The fourth-order valence-corrected chi connectivity index (χ4v) is 4.75. The van der Waals surface area contributed by atoms with Crippen LogP contribution < -0.4 is 21.7 Å². The molecule has 0 saturated carbocycles. The zero-order valence-corrected chi connectivity index (χ0v) is 19.0. The van der Waals surface area contributed by atoms with E-state index in [4.69, 9.17) is 5.73 Å². The number of hydrogen-bond acceptors (Lipinski definition) is 5. The molecule has 0 aliphatic carbocycles. The Morgan fingerprint density at radius 3 is 2.56 bits per heavy atom. The zero-order chi connectivity index (χ0) is 22.9. The second-order valence-corrected chi connectivity index (χ2v) is 9.03. The van der Waals surface area contributed by atoms with Gasteiger partial charge in [-0.1, -0.05) is 37.3 Å². The van der Waals surface area contributed by atoms with Crippen LogP contribution in [0.4, 0.5) is 4.79 Å². The van der Waals surface area contributed by atoms with Crippen molar-refractivity contribution in [2.24, 2.45) is 5.73 Å². The molecule has 1 fully saturated rings. The number of carbonyl (C=O) groups is 2. The largest absolute Gasteiger partial charge is 0.364 e. The van der Waals surface area contributed by atoms with Crippen molar-refractivity contribution < 1.29 is 9.59 Å². The number of primary amides is 1. The maximum absolute atomic E-state index is 13.4. The van der Waals surface area contributed by atoms with Crippen LogP contribution in [0.15, 0.2) is 30.3 Å². The van der Waals surface area contributed by atoms with Gasteiger partial charge in [0.05, 0.1) is 5.69 Å². The molecule has 2 aliphatic rings. The Labute approximate surface area is 188 Å². The summed E-state index contributed by atoms with van der Waals surface area (Å²) in [6.07, 6.45) is 0.468. The predicted molar refractivity (Wildman–Crippen MR) is 122 cm³/mol. The maximum atomic E-state index is 13.4. The van der Waals surface area contributed by atoms with Crippen molar-refractivity contribution in [3.63, 3.8) is 0 Å². The summed E-state index contributed by atoms with van der Waals surface area (Å²) in [4.78, 5) is 27.7. The molecule has 2 atom stereocenters. The van der Waals surface area contributed by atoms with E-state index in [-0.39, 0.29) is 23.7 Å². The van der Waals surface area contributed by atoms with E-state index in [0.717, 1.165) is 24.3 Å².